The van der Waals surface area contributed by atoms with E-state index in [-0.39, 0.29) is 5.82 Å². The first kappa shape index (κ1) is 19.7. The van der Waals surface area contributed by atoms with Crippen molar-refractivity contribution in [3.05, 3.63) is 53.2 Å². The van der Waals surface area contributed by atoms with Crippen molar-refractivity contribution in [1.29, 1.82) is 0 Å². The van der Waals surface area contributed by atoms with Crippen molar-refractivity contribution in [3.8, 4) is 17.0 Å². The summed E-state index contributed by atoms with van der Waals surface area (Å²) in [4.78, 5) is 13.8. The quantitative estimate of drug-likeness (QED) is 0.372. The number of aryl methyl sites for hydroxylation is 2. The number of ether oxygens (including phenoxy) is 1. The summed E-state index contributed by atoms with van der Waals surface area (Å²) in [5.41, 5.74) is 5.03. The number of aromatic nitrogens is 5. The van der Waals surface area contributed by atoms with Gasteiger partial charge in [-0.2, -0.15) is 5.10 Å². The summed E-state index contributed by atoms with van der Waals surface area (Å²) < 4.78 is 21.9. The fourth-order valence-electron chi connectivity index (χ4n) is 3.97. The minimum atomic E-state index is -0.246. The van der Waals surface area contributed by atoms with E-state index in [0.29, 0.717) is 36.1 Å². The fourth-order valence-corrected chi connectivity index (χ4v) is 4.31. The van der Waals surface area contributed by atoms with Gasteiger partial charge in [-0.15, -0.1) is 0 Å². The largest absolute Gasteiger partial charge is 0.493 e. The molecule has 3 aromatic heterocycles. The van der Waals surface area contributed by atoms with Crippen LogP contribution in [0.4, 0.5) is 10.2 Å². The maximum atomic E-state index is 14.5. The minimum absolute atomic E-state index is 0.246. The fraction of sp³-hybridized carbons (Fsp3) is 0.273. The zero-order valence-corrected chi connectivity index (χ0v) is 18.3. The van der Waals surface area contributed by atoms with Crippen molar-refractivity contribution in [3.63, 3.8) is 0 Å². The summed E-state index contributed by atoms with van der Waals surface area (Å²) >= 11 is 1.48. The van der Waals surface area contributed by atoms with Gasteiger partial charge in [0.15, 0.2) is 5.16 Å². The summed E-state index contributed by atoms with van der Waals surface area (Å²) in [6, 6.07) is 5.15. The lowest BCUT2D eigenvalue weighted by Crippen LogP contribution is -2.07. The summed E-state index contributed by atoms with van der Waals surface area (Å²) in [6.07, 6.45) is 6.20. The Morgan fingerprint density at radius 3 is 2.90 bits per heavy atom. The zero-order valence-electron chi connectivity index (χ0n) is 17.4. The van der Waals surface area contributed by atoms with Crippen molar-refractivity contribution < 1.29 is 9.13 Å². The Morgan fingerprint density at radius 2 is 2.13 bits per heavy atom. The molecule has 0 fully saturated rings. The van der Waals surface area contributed by atoms with E-state index >= 15 is 0 Å². The second-order valence-electron chi connectivity index (χ2n) is 7.39. The van der Waals surface area contributed by atoms with Gasteiger partial charge in [0.25, 0.3) is 0 Å². The Bertz CT molecular complexity index is 1310. The second kappa shape index (κ2) is 7.81. The molecule has 9 heteroatoms. The normalized spacial score (nSPS) is 12.8. The van der Waals surface area contributed by atoms with Crippen LogP contribution in [0.3, 0.4) is 0 Å². The highest BCUT2D eigenvalue weighted by Crippen LogP contribution is 2.33. The van der Waals surface area contributed by atoms with Crippen LogP contribution in [0.2, 0.25) is 0 Å². The van der Waals surface area contributed by atoms with Crippen LogP contribution in [-0.2, 0) is 20.0 Å². The predicted molar refractivity (Wildman–Crippen MR) is 119 cm³/mol. The molecule has 0 atom stereocenters. The van der Waals surface area contributed by atoms with E-state index in [4.69, 9.17) is 9.72 Å². The Balaban J connectivity index is 1.57. The van der Waals surface area contributed by atoms with Gasteiger partial charge in [0.05, 0.1) is 28.9 Å². The highest BCUT2D eigenvalue weighted by molar-refractivity contribution is 7.98. The van der Waals surface area contributed by atoms with Crippen molar-refractivity contribution >= 4 is 28.5 Å². The maximum Gasteiger partial charge on any atom is 0.187 e. The predicted octanol–water partition coefficient (Wildman–Crippen LogP) is 4.14. The van der Waals surface area contributed by atoms with Crippen LogP contribution in [-0.4, -0.2) is 37.6 Å². The van der Waals surface area contributed by atoms with Gasteiger partial charge in [-0.05, 0) is 31.4 Å². The first-order chi connectivity index (χ1) is 15.0. The minimum Gasteiger partial charge on any atom is -0.493 e. The van der Waals surface area contributed by atoms with Crippen LogP contribution in [0.5, 0.6) is 5.75 Å². The molecule has 0 bridgehead atoms. The standard InChI is InChI=1S/C22H21FN6OS/c1-12-8-18(29(2)28-12)15-10-25-21(16-11-26-22(31-3)27-20(15)16)24-9-14-13-6-7-30-19(13)5-4-17(14)23/h4-5,8,10-11H,6-7,9H2,1-3H3,(H,24,25). The summed E-state index contributed by atoms with van der Waals surface area (Å²) in [5, 5.41) is 9.20. The van der Waals surface area contributed by atoms with E-state index in [1.807, 2.05) is 31.0 Å². The number of hydrogen-bond acceptors (Lipinski definition) is 7. The van der Waals surface area contributed by atoms with Crippen molar-refractivity contribution in [1.82, 2.24) is 24.7 Å². The average Bonchev–Trinajstić information content (AvgIpc) is 3.38. The lowest BCUT2D eigenvalue weighted by atomic mass is 10.0. The van der Waals surface area contributed by atoms with Crippen LogP contribution in [0.1, 0.15) is 16.8 Å². The molecule has 0 radical (unpaired) electrons. The summed E-state index contributed by atoms with van der Waals surface area (Å²) in [5.74, 6) is 1.12. The molecule has 0 unspecified atom stereocenters. The van der Waals surface area contributed by atoms with E-state index in [2.05, 4.69) is 20.4 Å². The number of benzene rings is 1. The molecule has 7 nitrogen and oxygen atoms in total. The van der Waals surface area contributed by atoms with Gasteiger partial charge in [0, 0.05) is 49.1 Å². The molecule has 4 aromatic rings. The van der Waals surface area contributed by atoms with E-state index in [0.717, 1.165) is 39.2 Å². The number of anilines is 1. The Labute approximate surface area is 183 Å². The van der Waals surface area contributed by atoms with Gasteiger partial charge in [0.1, 0.15) is 17.4 Å². The molecule has 0 amide bonds. The first-order valence-corrected chi connectivity index (χ1v) is 11.2. The Morgan fingerprint density at radius 1 is 1.26 bits per heavy atom. The molecule has 158 valence electrons. The van der Waals surface area contributed by atoms with E-state index in [1.54, 1.807) is 18.5 Å². The number of nitrogens with zero attached hydrogens (tertiary/aromatic N) is 5. The summed E-state index contributed by atoms with van der Waals surface area (Å²) in [6.45, 7) is 2.83. The van der Waals surface area contributed by atoms with Gasteiger partial charge in [-0.25, -0.2) is 19.3 Å². The molecule has 0 saturated carbocycles. The number of fused-ring (bicyclic) bond motifs is 2. The molecule has 1 aliphatic rings. The molecule has 0 aliphatic carbocycles. The lowest BCUT2D eigenvalue weighted by Gasteiger charge is -2.14. The van der Waals surface area contributed by atoms with Crippen LogP contribution in [0, 0.1) is 12.7 Å². The number of halogens is 1. The molecule has 0 saturated heterocycles. The monoisotopic (exact) mass is 436 g/mol. The van der Waals surface area contributed by atoms with Crippen LogP contribution >= 0.6 is 11.8 Å². The van der Waals surface area contributed by atoms with Crippen LogP contribution < -0.4 is 10.1 Å². The molecule has 4 heterocycles. The maximum absolute atomic E-state index is 14.5. The molecular weight excluding hydrogens is 415 g/mol. The van der Waals surface area contributed by atoms with Gasteiger partial charge in [-0.1, -0.05) is 11.8 Å². The Kier molecular flexibility index (Phi) is 4.97. The highest BCUT2D eigenvalue weighted by Gasteiger charge is 2.20. The van der Waals surface area contributed by atoms with Crippen LogP contribution in [0.25, 0.3) is 22.2 Å². The smallest absolute Gasteiger partial charge is 0.187 e. The SMILES string of the molecule is CSc1ncc2c(NCc3c(F)ccc4c3CCO4)ncc(-c3cc(C)nn3C)c2n1. The van der Waals surface area contributed by atoms with E-state index in [9.17, 15) is 4.39 Å². The molecule has 1 aromatic carbocycles. The van der Waals surface area contributed by atoms with Gasteiger partial charge in [0.2, 0.25) is 0 Å². The highest BCUT2D eigenvalue weighted by atomic mass is 32.2. The lowest BCUT2D eigenvalue weighted by molar-refractivity contribution is 0.356. The third kappa shape index (κ3) is 3.48. The summed E-state index contributed by atoms with van der Waals surface area (Å²) in [7, 11) is 1.90. The molecule has 5 rings (SSSR count). The van der Waals surface area contributed by atoms with Crippen molar-refractivity contribution in [2.45, 2.75) is 25.0 Å². The molecular formula is C22H21FN6OS. The van der Waals surface area contributed by atoms with Gasteiger partial charge < -0.3 is 10.1 Å². The van der Waals surface area contributed by atoms with E-state index in [1.165, 1.54) is 17.8 Å². The third-order valence-corrected chi connectivity index (χ3v) is 6.00. The van der Waals surface area contributed by atoms with E-state index < -0.39 is 0 Å². The second-order valence-corrected chi connectivity index (χ2v) is 8.16. The number of nitrogens with one attached hydrogen (secondary N) is 1. The molecule has 0 spiro atoms. The number of rotatable bonds is 5. The Hall–Kier alpha value is -3.20. The zero-order chi connectivity index (χ0) is 21.5. The van der Waals surface area contributed by atoms with Gasteiger partial charge in [-0.3, -0.25) is 4.68 Å². The molecule has 1 aliphatic heterocycles. The van der Waals surface area contributed by atoms with Crippen molar-refractivity contribution in [2.75, 3.05) is 18.2 Å². The number of thioether (sulfide) groups is 1. The molecule has 1 N–H and O–H groups in total. The molecule has 31 heavy (non-hydrogen) atoms. The number of pyridine rings is 1. The number of hydrogen-bond donors (Lipinski definition) is 1. The topological polar surface area (TPSA) is 77.8 Å². The van der Waals surface area contributed by atoms with Crippen LogP contribution in [0.15, 0.2) is 35.7 Å². The third-order valence-electron chi connectivity index (χ3n) is 5.43. The van der Waals surface area contributed by atoms with Gasteiger partial charge >= 0.3 is 0 Å². The average molecular weight is 437 g/mol. The van der Waals surface area contributed by atoms with Crippen molar-refractivity contribution in [2.24, 2.45) is 7.05 Å². The first-order valence-electron chi connectivity index (χ1n) is 9.93.